The Kier molecular flexibility index (Phi) is 3.41. The molecular weight excluding hydrogens is 230 g/mol. The Morgan fingerprint density at radius 2 is 2.00 bits per heavy atom. The van der Waals surface area contributed by atoms with Gasteiger partial charge in [0.05, 0.1) is 6.10 Å². The number of aliphatic hydroxyl groups is 1. The Balaban J connectivity index is 2.12. The average molecular weight is 249 g/mol. The van der Waals surface area contributed by atoms with Crippen LogP contribution in [0.5, 0.6) is 0 Å². The summed E-state index contributed by atoms with van der Waals surface area (Å²) >= 11 is 0. The number of hydrogen-bond acceptors (Lipinski definition) is 3. The number of carboxylic acid groups (broad SMARTS) is 1. The molecule has 18 heavy (non-hydrogen) atoms. The van der Waals surface area contributed by atoms with E-state index >= 15 is 0 Å². The number of aliphatic carboxylic acids is 1. The van der Waals surface area contributed by atoms with Gasteiger partial charge in [0.1, 0.15) is 6.04 Å². The van der Waals surface area contributed by atoms with Crippen LogP contribution in [0.15, 0.2) is 30.3 Å². The summed E-state index contributed by atoms with van der Waals surface area (Å²) in [6.45, 7) is 3.89. The van der Waals surface area contributed by atoms with Crippen LogP contribution in [0, 0.1) is 5.41 Å². The van der Waals surface area contributed by atoms with Gasteiger partial charge in [-0.15, -0.1) is 0 Å². The van der Waals surface area contributed by atoms with Crippen LogP contribution in [0.1, 0.15) is 31.9 Å². The fraction of sp³-hybridized carbons (Fsp3) is 0.500. The molecule has 4 nitrogen and oxygen atoms in total. The molecule has 2 rings (SSSR count). The van der Waals surface area contributed by atoms with Gasteiger partial charge in [-0.25, -0.2) is 0 Å². The fourth-order valence-corrected chi connectivity index (χ4v) is 2.34. The zero-order valence-electron chi connectivity index (χ0n) is 10.6. The largest absolute Gasteiger partial charge is 0.480 e. The van der Waals surface area contributed by atoms with Gasteiger partial charge >= 0.3 is 5.97 Å². The second-order valence-corrected chi connectivity index (χ2v) is 5.47. The van der Waals surface area contributed by atoms with E-state index in [4.69, 9.17) is 0 Å². The fourth-order valence-electron chi connectivity index (χ4n) is 2.34. The molecule has 3 unspecified atom stereocenters. The van der Waals surface area contributed by atoms with Crippen LogP contribution in [0.3, 0.4) is 0 Å². The van der Waals surface area contributed by atoms with E-state index < -0.39 is 12.0 Å². The molecule has 0 aliphatic heterocycles. The first-order valence-corrected chi connectivity index (χ1v) is 6.15. The highest BCUT2D eigenvalue weighted by Gasteiger charge is 2.48. The number of benzene rings is 1. The van der Waals surface area contributed by atoms with Crippen LogP contribution < -0.4 is 5.32 Å². The number of carbonyl (C=O) groups is 1. The standard InChI is InChI=1S/C14H19NO3/c1-14(2)10(8-11(14)16)15-12(13(17)18)9-6-4-3-5-7-9/h3-7,10-12,15-16H,8H2,1-2H3,(H,17,18). The molecule has 0 amide bonds. The zero-order chi connectivity index (χ0) is 13.3. The first-order valence-electron chi connectivity index (χ1n) is 6.15. The third kappa shape index (κ3) is 2.26. The van der Waals surface area contributed by atoms with Gasteiger partial charge in [-0.3, -0.25) is 10.1 Å². The van der Waals surface area contributed by atoms with Gasteiger partial charge in [-0.2, -0.15) is 0 Å². The minimum Gasteiger partial charge on any atom is -0.480 e. The molecule has 1 aliphatic carbocycles. The maximum Gasteiger partial charge on any atom is 0.325 e. The number of nitrogens with one attached hydrogen (secondary N) is 1. The average Bonchev–Trinajstić information content (AvgIpc) is 2.34. The van der Waals surface area contributed by atoms with E-state index in [1.165, 1.54) is 0 Å². The summed E-state index contributed by atoms with van der Waals surface area (Å²) in [7, 11) is 0. The molecule has 0 heterocycles. The Morgan fingerprint density at radius 1 is 1.39 bits per heavy atom. The molecule has 1 saturated carbocycles. The minimum atomic E-state index is -0.890. The molecule has 0 saturated heterocycles. The van der Waals surface area contributed by atoms with Crippen molar-refractivity contribution in [2.75, 3.05) is 0 Å². The molecule has 1 aromatic carbocycles. The highest BCUT2D eigenvalue weighted by molar-refractivity contribution is 5.75. The summed E-state index contributed by atoms with van der Waals surface area (Å²) in [5.74, 6) is -0.890. The molecule has 3 atom stereocenters. The van der Waals surface area contributed by atoms with E-state index in [1.807, 2.05) is 32.0 Å². The highest BCUT2D eigenvalue weighted by atomic mass is 16.4. The molecule has 1 aromatic rings. The van der Waals surface area contributed by atoms with Gasteiger partial charge in [-0.05, 0) is 12.0 Å². The van der Waals surface area contributed by atoms with Crippen molar-refractivity contribution in [3.63, 3.8) is 0 Å². The molecule has 0 bridgehead atoms. The van der Waals surface area contributed by atoms with Crippen molar-refractivity contribution in [3.8, 4) is 0 Å². The van der Waals surface area contributed by atoms with E-state index in [9.17, 15) is 15.0 Å². The zero-order valence-corrected chi connectivity index (χ0v) is 10.6. The number of aliphatic hydroxyl groups excluding tert-OH is 1. The summed E-state index contributed by atoms with van der Waals surface area (Å²) < 4.78 is 0. The monoisotopic (exact) mass is 249 g/mol. The van der Waals surface area contributed by atoms with Gasteiger partial charge in [0.2, 0.25) is 0 Å². The Morgan fingerprint density at radius 3 is 2.44 bits per heavy atom. The van der Waals surface area contributed by atoms with Crippen LogP contribution in [-0.4, -0.2) is 28.3 Å². The first kappa shape index (κ1) is 13.1. The van der Waals surface area contributed by atoms with Crippen molar-refractivity contribution in [1.29, 1.82) is 0 Å². The van der Waals surface area contributed by atoms with Crippen molar-refractivity contribution >= 4 is 5.97 Å². The lowest BCUT2D eigenvalue weighted by Gasteiger charge is -2.50. The number of rotatable bonds is 4. The van der Waals surface area contributed by atoms with Crippen LogP contribution >= 0.6 is 0 Å². The highest BCUT2D eigenvalue weighted by Crippen LogP contribution is 2.41. The maximum atomic E-state index is 11.3. The molecule has 0 radical (unpaired) electrons. The predicted molar refractivity (Wildman–Crippen MR) is 68.1 cm³/mol. The summed E-state index contributed by atoms with van der Waals surface area (Å²) in [6, 6.07) is 8.42. The third-order valence-corrected chi connectivity index (χ3v) is 3.96. The topological polar surface area (TPSA) is 69.6 Å². The van der Waals surface area contributed by atoms with Crippen LogP contribution in [0.2, 0.25) is 0 Å². The van der Waals surface area contributed by atoms with E-state index in [0.717, 1.165) is 5.56 Å². The van der Waals surface area contributed by atoms with E-state index in [-0.39, 0.29) is 17.6 Å². The Bertz CT molecular complexity index is 430. The molecule has 0 spiro atoms. The third-order valence-electron chi connectivity index (χ3n) is 3.96. The maximum absolute atomic E-state index is 11.3. The van der Waals surface area contributed by atoms with E-state index in [0.29, 0.717) is 6.42 Å². The van der Waals surface area contributed by atoms with Gasteiger partial charge < -0.3 is 10.2 Å². The van der Waals surface area contributed by atoms with Gasteiger partial charge in [-0.1, -0.05) is 44.2 Å². The van der Waals surface area contributed by atoms with E-state index in [2.05, 4.69) is 5.32 Å². The number of hydrogen-bond donors (Lipinski definition) is 3. The lowest BCUT2D eigenvalue weighted by Crippen LogP contribution is -2.61. The van der Waals surface area contributed by atoms with Gasteiger partial charge in [0, 0.05) is 11.5 Å². The lowest BCUT2D eigenvalue weighted by atomic mass is 9.64. The molecule has 98 valence electrons. The van der Waals surface area contributed by atoms with Crippen molar-refractivity contribution in [2.45, 2.75) is 38.5 Å². The van der Waals surface area contributed by atoms with Crippen molar-refractivity contribution in [3.05, 3.63) is 35.9 Å². The van der Waals surface area contributed by atoms with Gasteiger partial charge in [0.25, 0.3) is 0 Å². The Hall–Kier alpha value is -1.39. The molecule has 1 aliphatic rings. The number of carboxylic acids is 1. The lowest BCUT2D eigenvalue weighted by molar-refractivity contribution is -0.142. The van der Waals surface area contributed by atoms with Crippen LogP contribution in [-0.2, 0) is 4.79 Å². The summed E-state index contributed by atoms with van der Waals surface area (Å²) in [5, 5.41) is 22.1. The molecule has 1 fully saturated rings. The van der Waals surface area contributed by atoms with Gasteiger partial charge in [0.15, 0.2) is 0 Å². The molecule has 0 aromatic heterocycles. The predicted octanol–water partition coefficient (Wildman–Crippen LogP) is 1.56. The molecule has 3 N–H and O–H groups in total. The Labute approximate surface area is 107 Å². The molecule has 4 heteroatoms. The van der Waals surface area contributed by atoms with Crippen LogP contribution in [0.4, 0.5) is 0 Å². The summed E-state index contributed by atoms with van der Waals surface area (Å²) in [5.41, 5.74) is 0.463. The SMILES string of the molecule is CC1(C)C(O)CC1NC(C(=O)O)c1ccccc1. The second kappa shape index (κ2) is 4.71. The van der Waals surface area contributed by atoms with E-state index in [1.54, 1.807) is 12.1 Å². The smallest absolute Gasteiger partial charge is 0.325 e. The first-order chi connectivity index (χ1) is 8.43. The van der Waals surface area contributed by atoms with Crippen molar-refractivity contribution in [1.82, 2.24) is 5.32 Å². The van der Waals surface area contributed by atoms with Crippen molar-refractivity contribution in [2.24, 2.45) is 5.41 Å². The van der Waals surface area contributed by atoms with Crippen LogP contribution in [0.25, 0.3) is 0 Å². The molecular formula is C14H19NO3. The van der Waals surface area contributed by atoms with Crippen molar-refractivity contribution < 1.29 is 15.0 Å². The second-order valence-electron chi connectivity index (χ2n) is 5.47. The quantitative estimate of drug-likeness (QED) is 0.757. The minimum absolute atomic E-state index is 0.0220. The summed E-state index contributed by atoms with van der Waals surface area (Å²) in [6.07, 6.45) is 0.240. The summed E-state index contributed by atoms with van der Waals surface area (Å²) in [4.78, 5) is 11.3. The normalized spacial score (nSPS) is 27.3.